The van der Waals surface area contributed by atoms with E-state index in [9.17, 15) is 17.6 Å². The second kappa shape index (κ2) is 6.31. The monoisotopic (exact) mass is 330 g/mol. The number of amides is 1. The molecule has 1 fully saturated rings. The van der Waals surface area contributed by atoms with Crippen molar-refractivity contribution < 1.29 is 22.3 Å². The molecule has 2 rings (SSSR count). The van der Waals surface area contributed by atoms with E-state index in [0.717, 1.165) is 6.07 Å². The molecule has 1 aromatic rings. The van der Waals surface area contributed by atoms with E-state index in [1.807, 2.05) is 0 Å². The molecule has 0 saturated carbocycles. The number of hydrogen-bond donors (Lipinski definition) is 2. The van der Waals surface area contributed by atoms with Crippen LogP contribution in [0.3, 0.4) is 0 Å². The smallest absolute Gasteiger partial charge is 0.243 e. The number of hydrogen-bond acceptors (Lipinski definition) is 4. The van der Waals surface area contributed by atoms with Crippen LogP contribution in [0.15, 0.2) is 23.1 Å². The highest BCUT2D eigenvalue weighted by molar-refractivity contribution is 7.89. The average Bonchev–Trinajstić information content (AvgIpc) is 2.45. The largest absolute Gasteiger partial charge is 0.381 e. The fourth-order valence-electron chi connectivity index (χ4n) is 2.41. The van der Waals surface area contributed by atoms with E-state index in [1.165, 1.54) is 12.1 Å². The van der Waals surface area contributed by atoms with Crippen LogP contribution < -0.4 is 10.5 Å². The third-order valence-corrected chi connectivity index (χ3v) is 5.38. The molecule has 1 aliphatic rings. The Morgan fingerprint density at radius 2 is 2.05 bits per heavy atom. The first-order valence-corrected chi connectivity index (χ1v) is 8.39. The predicted molar refractivity (Wildman–Crippen MR) is 78.0 cm³/mol. The molecule has 1 heterocycles. The summed E-state index contributed by atoms with van der Waals surface area (Å²) in [5, 5.41) is 0. The van der Waals surface area contributed by atoms with E-state index in [4.69, 9.17) is 10.5 Å². The van der Waals surface area contributed by atoms with Crippen LogP contribution in [0, 0.1) is 18.2 Å². The summed E-state index contributed by atoms with van der Waals surface area (Å²) in [6.07, 6.45) is 0.669. The van der Waals surface area contributed by atoms with Gasteiger partial charge in [0, 0.05) is 19.8 Å². The number of aryl methyl sites for hydroxylation is 1. The lowest BCUT2D eigenvalue weighted by Crippen LogP contribution is -2.49. The minimum atomic E-state index is -4.05. The maximum Gasteiger partial charge on any atom is 0.243 e. The first-order valence-electron chi connectivity index (χ1n) is 6.90. The van der Waals surface area contributed by atoms with E-state index >= 15 is 0 Å². The molecule has 0 atom stereocenters. The third kappa shape index (κ3) is 3.45. The van der Waals surface area contributed by atoms with Gasteiger partial charge in [0.2, 0.25) is 15.9 Å². The molecule has 1 aromatic carbocycles. The molecular weight excluding hydrogens is 311 g/mol. The van der Waals surface area contributed by atoms with E-state index in [-0.39, 0.29) is 6.54 Å². The molecule has 0 radical (unpaired) electrons. The maximum atomic E-state index is 13.8. The Morgan fingerprint density at radius 1 is 1.41 bits per heavy atom. The van der Waals surface area contributed by atoms with Crippen molar-refractivity contribution in [2.24, 2.45) is 11.1 Å². The summed E-state index contributed by atoms with van der Waals surface area (Å²) in [4.78, 5) is 11.3. The molecule has 1 aliphatic heterocycles. The fourth-order valence-corrected chi connectivity index (χ4v) is 3.59. The van der Waals surface area contributed by atoms with Crippen molar-refractivity contribution in [2.45, 2.75) is 24.7 Å². The Balaban J connectivity index is 2.19. The molecule has 0 aliphatic carbocycles. The van der Waals surface area contributed by atoms with Gasteiger partial charge in [0.15, 0.2) is 0 Å². The number of benzene rings is 1. The number of nitrogens with one attached hydrogen (secondary N) is 1. The Kier molecular flexibility index (Phi) is 4.84. The van der Waals surface area contributed by atoms with Gasteiger partial charge in [0.25, 0.3) is 0 Å². The van der Waals surface area contributed by atoms with Crippen LogP contribution in [-0.4, -0.2) is 34.1 Å². The van der Waals surface area contributed by atoms with Crippen molar-refractivity contribution in [3.8, 4) is 0 Å². The highest BCUT2D eigenvalue weighted by Crippen LogP contribution is 2.30. The fraction of sp³-hybridized carbons (Fsp3) is 0.500. The third-order valence-electron chi connectivity index (χ3n) is 3.95. The molecule has 1 saturated heterocycles. The number of ether oxygens (including phenoxy) is 1. The van der Waals surface area contributed by atoms with Crippen molar-refractivity contribution in [2.75, 3.05) is 19.8 Å². The summed E-state index contributed by atoms with van der Waals surface area (Å²) in [7, 11) is -4.05. The zero-order valence-corrected chi connectivity index (χ0v) is 13.1. The van der Waals surface area contributed by atoms with E-state index < -0.39 is 32.1 Å². The second-order valence-electron chi connectivity index (χ2n) is 5.52. The first-order chi connectivity index (χ1) is 10.3. The molecule has 122 valence electrons. The van der Waals surface area contributed by atoms with Gasteiger partial charge in [-0.3, -0.25) is 4.79 Å². The van der Waals surface area contributed by atoms with Gasteiger partial charge < -0.3 is 10.5 Å². The normalized spacial score (nSPS) is 18.1. The average molecular weight is 330 g/mol. The molecule has 0 bridgehead atoms. The molecule has 1 amide bonds. The van der Waals surface area contributed by atoms with E-state index in [0.29, 0.717) is 31.6 Å². The molecule has 0 aromatic heterocycles. The molecule has 22 heavy (non-hydrogen) atoms. The lowest BCUT2D eigenvalue weighted by Gasteiger charge is -2.34. The SMILES string of the molecule is Cc1ccc(S(=O)(=O)NCC2(C(N)=O)CCOCC2)c(F)c1. The minimum Gasteiger partial charge on any atom is -0.381 e. The topological polar surface area (TPSA) is 98.5 Å². The Morgan fingerprint density at radius 3 is 2.59 bits per heavy atom. The molecule has 6 nitrogen and oxygen atoms in total. The van der Waals surface area contributed by atoms with Crippen LogP contribution in [-0.2, 0) is 19.6 Å². The van der Waals surface area contributed by atoms with Crippen LogP contribution in [0.25, 0.3) is 0 Å². The van der Waals surface area contributed by atoms with Crippen LogP contribution in [0.2, 0.25) is 0 Å². The highest BCUT2D eigenvalue weighted by Gasteiger charge is 2.39. The number of rotatable bonds is 5. The quantitative estimate of drug-likeness (QED) is 0.830. The van der Waals surface area contributed by atoms with Gasteiger partial charge in [-0.05, 0) is 37.5 Å². The summed E-state index contributed by atoms with van der Waals surface area (Å²) in [5.74, 6) is -1.41. The minimum absolute atomic E-state index is 0.165. The van der Waals surface area contributed by atoms with Crippen molar-refractivity contribution in [3.05, 3.63) is 29.6 Å². The summed E-state index contributed by atoms with van der Waals surface area (Å²) >= 11 is 0. The van der Waals surface area contributed by atoms with Crippen LogP contribution in [0.4, 0.5) is 4.39 Å². The standard InChI is InChI=1S/C14H19FN2O4S/c1-10-2-3-12(11(15)8-10)22(19,20)17-9-14(13(16)18)4-6-21-7-5-14/h2-3,8,17H,4-7,9H2,1H3,(H2,16,18). The first kappa shape index (κ1) is 16.9. The van der Waals surface area contributed by atoms with Gasteiger partial charge in [0.05, 0.1) is 5.41 Å². The number of sulfonamides is 1. The van der Waals surface area contributed by atoms with Crippen LogP contribution in [0.5, 0.6) is 0 Å². The van der Waals surface area contributed by atoms with Crippen LogP contribution in [0.1, 0.15) is 18.4 Å². The number of halogens is 1. The Bertz CT molecular complexity index is 669. The number of carbonyl (C=O) groups excluding carboxylic acids is 1. The number of primary amides is 1. The van der Waals surface area contributed by atoms with Crippen molar-refractivity contribution in [3.63, 3.8) is 0 Å². The van der Waals surface area contributed by atoms with Crippen LogP contribution >= 0.6 is 0 Å². The maximum absolute atomic E-state index is 13.8. The lowest BCUT2D eigenvalue weighted by molar-refractivity contribution is -0.132. The molecule has 0 unspecified atom stereocenters. The highest BCUT2D eigenvalue weighted by atomic mass is 32.2. The van der Waals surface area contributed by atoms with E-state index in [2.05, 4.69) is 4.72 Å². The van der Waals surface area contributed by atoms with Gasteiger partial charge in [-0.15, -0.1) is 0 Å². The number of carbonyl (C=O) groups is 1. The second-order valence-corrected chi connectivity index (χ2v) is 7.25. The summed E-state index contributed by atoms with van der Waals surface area (Å²) in [5.41, 5.74) is 5.04. The van der Waals surface area contributed by atoms with Gasteiger partial charge >= 0.3 is 0 Å². The van der Waals surface area contributed by atoms with Crippen molar-refractivity contribution >= 4 is 15.9 Å². The molecule has 3 N–H and O–H groups in total. The van der Waals surface area contributed by atoms with Gasteiger partial charge in [-0.1, -0.05) is 6.07 Å². The summed E-state index contributed by atoms with van der Waals surface area (Å²) in [6, 6.07) is 3.86. The Hall–Kier alpha value is -1.51. The summed E-state index contributed by atoms with van der Waals surface area (Å²) < 4.78 is 45.8. The lowest BCUT2D eigenvalue weighted by atomic mass is 9.80. The van der Waals surface area contributed by atoms with Gasteiger partial charge in [-0.2, -0.15) is 0 Å². The summed E-state index contributed by atoms with van der Waals surface area (Å²) in [6.45, 7) is 2.17. The molecular formula is C14H19FN2O4S. The molecule has 0 spiro atoms. The van der Waals surface area contributed by atoms with Crippen molar-refractivity contribution in [1.29, 1.82) is 0 Å². The zero-order valence-electron chi connectivity index (χ0n) is 12.3. The molecule has 8 heteroatoms. The van der Waals surface area contributed by atoms with Gasteiger partial charge in [0.1, 0.15) is 10.7 Å². The zero-order chi connectivity index (χ0) is 16.4. The van der Waals surface area contributed by atoms with Gasteiger partial charge in [-0.25, -0.2) is 17.5 Å². The predicted octanol–water partition coefficient (Wildman–Crippen LogP) is 0.695. The van der Waals surface area contributed by atoms with E-state index in [1.54, 1.807) is 6.92 Å². The Labute approximate surface area is 128 Å². The van der Waals surface area contributed by atoms with Crippen molar-refractivity contribution in [1.82, 2.24) is 4.72 Å². The number of nitrogens with two attached hydrogens (primary N) is 1.